The van der Waals surface area contributed by atoms with Gasteiger partial charge in [-0.25, -0.2) is 0 Å². The van der Waals surface area contributed by atoms with Crippen molar-refractivity contribution in [1.82, 2.24) is 5.32 Å². The van der Waals surface area contributed by atoms with Crippen molar-refractivity contribution in [2.45, 2.75) is 73.5 Å². The Morgan fingerprint density at radius 1 is 1.00 bits per heavy atom. The minimum Gasteiger partial charge on any atom is -0.489 e. The van der Waals surface area contributed by atoms with Crippen LogP contribution in [0, 0.1) is 36.0 Å². The highest BCUT2D eigenvalue weighted by Crippen LogP contribution is 2.55. The van der Waals surface area contributed by atoms with Gasteiger partial charge < -0.3 is 10.1 Å². The number of nitrogens with zero attached hydrogens (tertiary/aromatic N) is 1. The summed E-state index contributed by atoms with van der Waals surface area (Å²) in [6.45, 7) is 16.8. The van der Waals surface area contributed by atoms with Gasteiger partial charge in [0.1, 0.15) is 11.9 Å². The molecule has 31 heavy (non-hydrogen) atoms. The number of carbonyl (C=O) groups is 1. The van der Waals surface area contributed by atoms with Crippen LogP contribution in [0.3, 0.4) is 0 Å². The third-order valence-electron chi connectivity index (χ3n) is 7.06. The Hall–Kier alpha value is -2.80. The lowest BCUT2D eigenvalue weighted by molar-refractivity contribution is -0.164. The summed E-state index contributed by atoms with van der Waals surface area (Å²) < 4.78 is 6.49. The van der Waals surface area contributed by atoms with E-state index in [1.54, 1.807) is 0 Å². The van der Waals surface area contributed by atoms with Crippen molar-refractivity contribution in [1.29, 1.82) is 5.26 Å². The van der Waals surface area contributed by atoms with Crippen LogP contribution in [-0.2, 0) is 0 Å². The Morgan fingerprint density at radius 3 is 2.10 bits per heavy atom. The van der Waals surface area contributed by atoms with Gasteiger partial charge in [0.15, 0.2) is 0 Å². The molecular formula is C27H34N2O2. The summed E-state index contributed by atoms with van der Waals surface area (Å²) in [5, 5.41) is 12.5. The number of nitrogens with one attached hydrogen (secondary N) is 1. The molecule has 0 aliphatic heterocycles. The zero-order valence-corrected chi connectivity index (χ0v) is 20.0. The molecule has 2 aromatic rings. The number of hydrogen-bond acceptors (Lipinski definition) is 3. The van der Waals surface area contributed by atoms with Gasteiger partial charge in [0.05, 0.1) is 11.6 Å². The Kier molecular flexibility index (Phi) is 5.93. The maximum Gasteiger partial charge on any atom is 0.251 e. The molecule has 0 bridgehead atoms. The highest BCUT2D eigenvalue weighted by atomic mass is 16.5. The predicted octanol–water partition coefficient (Wildman–Crippen LogP) is 5.91. The van der Waals surface area contributed by atoms with Crippen molar-refractivity contribution < 1.29 is 9.53 Å². The Morgan fingerprint density at radius 2 is 1.58 bits per heavy atom. The monoisotopic (exact) mass is 418 g/mol. The maximum absolute atomic E-state index is 13.0. The van der Waals surface area contributed by atoms with E-state index in [4.69, 9.17) is 4.74 Å². The first-order valence-electron chi connectivity index (χ1n) is 11.0. The van der Waals surface area contributed by atoms with Crippen molar-refractivity contribution in [3.05, 3.63) is 64.2 Å². The lowest BCUT2D eigenvalue weighted by Gasteiger charge is -2.63. The van der Waals surface area contributed by atoms with Crippen molar-refractivity contribution in [2.75, 3.05) is 0 Å². The predicted molar refractivity (Wildman–Crippen MR) is 124 cm³/mol. The molecule has 0 atom stereocenters. The normalized spacial score (nSPS) is 21.2. The molecule has 1 saturated carbocycles. The van der Waals surface area contributed by atoms with Crippen LogP contribution in [0.15, 0.2) is 36.4 Å². The van der Waals surface area contributed by atoms with Crippen LogP contribution < -0.4 is 10.1 Å². The Bertz CT molecular complexity index is 1010. The smallest absolute Gasteiger partial charge is 0.251 e. The largest absolute Gasteiger partial charge is 0.489 e. The van der Waals surface area contributed by atoms with Crippen molar-refractivity contribution in [3.63, 3.8) is 0 Å². The van der Waals surface area contributed by atoms with Gasteiger partial charge in [-0.15, -0.1) is 0 Å². The highest BCUT2D eigenvalue weighted by Gasteiger charge is 2.64. The second-order valence-corrected chi connectivity index (χ2v) is 10.3. The van der Waals surface area contributed by atoms with E-state index in [2.05, 4.69) is 52.9 Å². The van der Waals surface area contributed by atoms with Gasteiger partial charge in [0.25, 0.3) is 5.91 Å². The first-order valence-corrected chi connectivity index (χ1v) is 11.0. The molecule has 0 saturated heterocycles. The molecule has 3 rings (SSSR count). The van der Waals surface area contributed by atoms with Gasteiger partial charge in [-0.1, -0.05) is 53.7 Å². The summed E-state index contributed by atoms with van der Waals surface area (Å²) in [5.41, 5.74) is 4.02. The summed E-state index contributed by atoms with van der Waals surface area (Å²) in [6, 6.07) is 13.8. The molecule has 1 fully saturated rings. The lowest BCUT2D eigenvalue weighted by Crippen LogP contribution is -2.74. The zero-order chi connectivity index (χ0) is 23.1. The fraction of sp³-hybridized carbons (Fsp3) is 0.481. The Labute approximate surface area is 186 Å². The molecule has 1 aliphatic carbocycles. The number of nitriles is 1. The quantitative estimate of drug-likeness (QED) is 0.656. The number of ether oxygens (including phenoxy) is 1. The van der Waals surface area contributed by atoms with Gasteiger partial charge in [0.2, 0.25) is 0 Å². The van der Waals surface area contributed by atoms with Gasteiger partial charge in [0, 0.05) is 22.4 Å². The van der Waals surface area contributed by atoms with Gasteiger partial charge in [-0.05, 0) is 60.7 Å². The Balaban J connectivity index is 1.77. The number of amides is 1. The topological polar surface area (TPSA) is 62.1 Å². The van der Waals surface area contributed by atoms with Gasteiger partial charge in [-0.2, -0.15) is 5.26 Å². The van der Waals surface area contributed by atoms with E-state index in [0.717, 1.165) is 16.9 Å². The van der Waals surface area contributed by atoms with Gasteiger partial charge in [-0.3, -0.25) is 4.79 Å². The van der Waals surface area contributed by atoms with E-state index in [-0.39, 0.29) is 28.9 Å². The van der Waals surface area contributed by atoms with Crippen molar-refractivity contribution >= 4 is 5.91 Å². The van der Waals surface area contributed by atoms with Crippen LogP contribution >= 0.6 is 0 Å². The minimum atomic E-state index is -0.245. The molecule has 0 aromatic heterocycles. The molecule has 4 heteroatoms. The number of rotatable bonds is 5. The molecule has 4 nitrogen and oxygen atoms in total. The van der Waals surface area contributed by atoms with Crippen LogP contribution in [0.4, 0.5) is 0 Å². The van der Waals surface area contributed by atoms with E-state index in [9.17, 15) is 10.1 Å². The number of hydrogen-bond donors (Lipinski definition) is 1. The molecule has 0 heterocycles. The molecule has 164 valence electrons. The SMILES string of the molecule is Cc1c(C#N)ccc(OC2C(C)(C)C(NC(=O)c3ccc(C(C)C)cc3)C2(C)C)c1C. The molecule has 0 radical (unpaired) electrons. The minimum absolute atomic E-state index is 0.0259. The molecule has 1 amide bonds. The first kappa shape index (κ1) is 22.9. The first-order chi connectivity index (χ1) is 14.4. The summed E-state index contributed by atoms with van der Waals surface area (Å²) in [7, 11) is 0. The van der Waals surface area contributed by atoms with E-state index in [1.807, 2.05) is 50.2 Å². The van der Waals surface area contributed by atoms with Crippen molar-refractivity contribution in [2.24, 2.45) is 10.8 Å². The molecule has 1 aliphatic rings. The number of carbonyl (C=O) groups excluding carboxylic acids is 1. The summed E-state index contributed by atoms with van der Waals surface area (Å²) in [4.78, 5) is 13.0. The second-order valence-electron chi connectivity index (χ2n) is 10.3. The van der Waals surface area contributed by atoms with E-state index >= 15 is 0 Å². The maximum atomic E-state index is 13.0. The third-order valence-corrected chi connectivity index (χ3v) is 7.06. The molecule has 0 unspecified atom stereocenters. The number of benzene rings is 2. The van der Waals surface area contributed by atoms with E-state index in [0.29, 0.717) is 17.0 Å². The molecule has 2 aromatic carbocycles. The zero-order valence-electron chi connectivity index (χ0n) is 20.0. The van der Waals surface area contributed by atoms with Crippen LogP contribution in [0.25, 0.3) is 0 Å². The van der Waals surface area contributed by atoms with Crippen LogP contribution in [0.1, 0.15) is 80.1 Å². The average Bonchev–Trinajstić information content (AvgIpc) is 2.72. The summed E-state index contributed by atoms with van der Waals surface area (Å²) in [5.74, 6) is 1.19. The molecular weight excluding hydrogens is 384 g/mol. The highest BCUT2D eigenvalue weighted by molar-refractivity contribution is 5.94. The van der Waals surface area contributed by atoms with Crippen molar-refractivity contribution in [3.8, 4) is 11.8 Å². The van der Waals surface area contributed by atoms with E-state index in [1.165, 1.54) is 5.56 Å². The standard InChI is InChI=1S/C27H34N2O2/c1-16(2)19-9-11-20(12-10-19)23(30)29-24-26(5,6)25(27(24,7)8)31-22-14-13-21(15-28)17(3)18(22)4/h9-14,16,24-25H,1-8H3,(H,29,30). The fourth-order valence-electron chi connectivity index (χ4n) is 5.21. The third kappa shape index (κ3) is 3.94. The van der Waals surface area contributed by atoms with Crippen LogP contribution in [0.2, 0.25) is 0 Å². The molecule has 0 spiro atoms. The molecule has 1 N–H and O–H groups in total. The van der Waals surface area contributed by atoms with E-state index < -0.39 is 0 Å². The second kappa shape index (κ2) is 8.04. The average molecular weight is 419 g/mol. The lowest BCUT2D eigenvalue weighted by atomic mass is 9.49. The van der Waals surface area contributed by atoms with Crippen LogP contribution in [0.5, 0.6) is 5.75 Å². The summed E-state index contributed by atoms with van der Waals surface area (Å²) >= 11 is 0. The van der Waals surface area contributed by atoms with Gasteiger partial charge >= 0.3 is 0 Å². The fourth-order valence-corrected chi connectivity index (χ4v) is 5.21. The summed E-state index contributed by atoms with van der Waals surface area (Å²) in [6.07, 6.45) is -0.0698. The van der Waals surface area contributed by atoms with Crippen LogP contribution in [-0.4, -0.2) is 18.1 Å².